The predicted octanol–water partition coefficient (Wildman–Crippen LogP) is 3.31. The highest BCUT2D eigenvalue weighted by atomic mass is 32.2. The molecule has 8 heteroatoms. The van der Waals surface area contributed by atoms with Gasteiger partial charge >= 0.3 is 0 Å². The molecule has 1 N–H and O–H groups in total. The Balaban J connectivity index is 1.89. The molecule has 30 heavy (non-hydrogen) atoms. The second-order valence-electron chi connectivity index (χ2n) is 6.99. The molecule has 0 aromatic heterocycles. The van der Waals surface area contributed by atoms with E-state index in [1.807, 2.05) is 26.0 Å². The zero-order valence-corrected chi connectivity index (χ0v) is 18.2. The van der Waals surface area contributed by atoms with E-state index in [9.17, 15) is 13.2 Å². The lowest BCUT2D eigenvalue weighted by atomic mass is 10.1. The number of nitrogens with one attached hydrogen (secondary N) is 1. The van der Waals surface area contributed by atoms with Gasteiger partial charge in [-0.2, -0.15) is 4.31 Å². The van der Waals surface area contributed by atoms with E-state index in [2.05, 4.69) is 5.32 Å². The standard InChI is InChI=1S/C22H28N2O5S/c1-3-13-29-20-8-6-5-7-19(20)23-22(25)18-10-9-17(4-2)21(16-18)30(26,27)24-11-14-28-15-12-24/h5-10,16H,3-4,11-15H2,1-2H3,(H,23,25). The van der Waals surface area contributed by atoms with Crippen molar-refractivity contribution in [3.8, 4) is 5.75 Å². The van der Waals surface area contributed by atoms with Crippen LogP contribution in [0.1, 0.15) is 36.2 Å². The molecule has 1 fully saturated rings. The monoisotopic (exact) mass is 432 g/mol. The van der Waals surface area contributed by atoms with Gasteiger partial charge in [0.1, 0.15) is 5.75 Å². The fourth-order valence-corrected chi connectivity index (χ4v) is 4.98. The third kappa shape index (κ3) is 5.00. The van der Waals surface area contributed by atoms with E-state index < -0.39 is 10.0 Å². The Morgan fingerprint density at radius 1 is 1.13 bits per heavy atom. The molecule has 2 aromatic carbocycles. The van der Waals surface area contributed by atoms with Crippen LogP contribution in [-0.4, -0.2) is 51.5 Å². The topological polar surface area (TPSA) is 84.9 Å². The maximum atomic E-state index is 13.2. The molecule has 1 aliphatic rings. The number of anilines is 1. The second-order valence-corrected chi connectivity index (χ2v) is 8.90. The number of benzene rings is 2. The van der Waals surface area contributed by atoms with Gasteiger partial charge in [0.15, 0.2) is 0 Å². The molecule has 0 unspecified atom stereocenters. The van der Waals surface area contributed by atoms with Crippen molar-refractivity contribution in [2.45, 2.75) is 31.6 Å². The van der Waals surface area contributed by atoms with Gasteiger partial charge in [0, 0.05) is 18.7 Å². The maximum Gasteiger partial charge on any atom is 0.255 e. The SMILES string of the molecule is CCCOc1ccccc1NC(=O)c1ccc(CC)c(S(=O)(=O)N2CCOCC2)c1. The van der Waals surface area contributed by atoms with Crippen LogP contribution in [0.15, 0.2) is 47.4 Å². The summed E-state index contributed by atoms with van der Waals surface area (Å²) in [6, 6.07) is 12.0. The van der Waals surface area contributed by atoms with Crippen LogP contribution in [0.2, 0.25) is 0 Å². The van der Waals surface area contributed by atoms with Crippen LogP contribution in [0.3, 0.4) is 0 Å². The first-order chi connectivity index (χ1) is 14.5. The van der Waals surface area contributed by atoms with E-state index in [-0.39, 0.29) is 16.4 Å². The Bertz CT molecular complexity index is 985. The molecule has 0 radical (unpaired) electrons. The lowest BCUT2D eigenvalue weighted by molar-refractivity contribution is 0.0730. The van der Waals surface area contributed by atoms with Crippen LogP contribution in [0.4, 0.5) is 5.69 Å². The molecule has 1 heterocycles. The number of hydrogen-bond donors (Lipinski definition) is 1. The highest BCUT2D eigenvalue weighted by Crippen LogP contribution is 2.27. The summed E-state index contributed by atoms with van der Waals surface area (Å²) in [6.45, 7) is 5.81. The maximum absolute atomic E-state index is 13.2. The second kappa shape index (κ2) is 10.1. The van der Waals surface area contributed by atoms with E-state index in [4.69, 9.17) is 9.47 Å². The molecule has 0 atom stereocenters. The Morgan fingerprint density at radius 2 is 1.87 bits per heavy atom. The molecule has 0 spiro atoms. The van der Waals surface area contributed by atoms with Gasteiger partial charge in [-0.1, -0.05) is 32.0 Å². The number of rotatable bonds is 8. The number of carbonyl (C=O) groups excluding carboxylic acids is 1. The smallest absolute Gasteiger partial charge is 0.255 e. The summed E-state index contributed by atoms with van der Waals surface area (Å²) >= 11 is 0. The van der Waals surface area contributed by atoms with E-state index >= 15 is 0 Å². The van der Waals surface area contributed by atoms with Crippen molar-refractivity contribution in [3.63, 3.8) is 0 Å². The fraction of sp³-hybridized carbons (Fsp3) is 0.409. The minimum absolute atomic E-state index is 0.176. The first-order valence-corrected chi connectivity index (χ1v) is 11.6. The zero-order chi connectivity index (χ0) is 21.6. The number of morpholine rings is 1. The number of aryl methyl sites for hydroxylation is 1. The van der Waals surface area contributed by atoms with Gasteiger partial charge in [0.2, 0.25) is 10.0 Å². The summed E-state index contributed by atoms with van der Waals surface area (Å²) in [6.07, 6.45) is 1.40. The molecule has 1 aliphatic heterocycles. The number of nitrogens with zero attached hydrogens (tertiary/aromatic N) is 1. The lowest BCUT2D eigenvalue weighted by Gasteiger charge is -2.27. The van der Waals surface area contributed by atoms with Crippen LogP contribution in [0, 0.1) is 0 Å². The van der Waals surface area contributed by atoms with Crippen LogP contribution < -0.4 is 10.1 Å². The first kappa shape index (κ1) is 22.3. The highest BCUT2D eigenvalue weighted by molar-refractivity contribution is 7.89. The number of carbonyl (C=O) groups is 1. The number of hydrogen-bond acceptors (Lipinski definition) is 5. The molecular weight excluding hydrogens is 404 g/mol. The number of ether oxygens (including phenoxy) is 2. The molecule has 1 amide bonds. The zero-order valence-electron chi connectivity index (χ0n) is 17.4. The first-order valence-electron chi connectivity index (χ1n) is 10.2. The van der Waals surface area contributed by atoms with Crippen molar-refractivity contribution in [1.29, 1.82) is 0 Å². The summed E-state index contributed by atoms with van der Waals surface area (Å²) in [5, 5.41) is 2.84. The molecule has 1 saturated heterocycles. The quantitative estimate of drug-likeness (QED) is 0.692. The van der Waals surface area contributed by atoms with Gasteiger partial charge in [0.25, 0.3) is 5.91 Å². The third-order valence-corrected chi connectivity index (χ3v) is 6.88. The summed E-state index contributed by atoms with van der Waals surface area (Å²) in [7, 11) is -3.71. The Morgan fingerprint density at radius 3 is 2.57 bits per heavy atom. The minimum atomic E-state index is -3.71. The van der Waals surface area contributed by atoms with Crippen molar-refractivity contribution < 1.29 is 22.7 Å². The molecule has 0 bridgehead atoms. The van der Waals surface area contributed by atoms with Gasteiger partial charge in [-0.15, -0.1) is 0 Å². The van der Waals surface area contributed by atoms with E-state index in [1.54, 1.807) is 24.3 Å². The molecule has 3 rings (SSSR count). The Labute approximate surface area is 178 Å². The van der Waals surface area contributed by atoms with Gasteiger partial charge < -0.3 is 14.8 Å². The summed E-state index contributed by atoms with van der Waals surface area (Å²) < 4.78 is 38.8. The van der Waals surface area contributed by atoms with Gasteiger partial charge in [-0.25, -0.2) is 8.42 Å². The summed E-state index contributed by atoms with van der Waals surface area (Å²) in [5.74, 6) is 0.197. The fourth-order valence-electron chi connectivity index (χ4n) is 3.26. The van der Waals surface area contributed by atoms with Crippen LogP contribution in [-0.2, 0) is 21.2 Å². The minimum Gasteiger partial charge on any atom is -0.491 e. The summed E-state index contributed by atoms with van der Waals surface area (Å²) in [4.78, 5) is 13.1. The Hall–Kier alpha value is -2.42. The molecular formula is C22H28N2O5S. The molecule has 7 nitrogen and oxygen atoms in total. The predicted molar refractivity (Wildman–Crippen MR) is 116 cm³/mol. The Kier molecular flexibility index (Phi) is 7.47. The molecule has 2 aromatic rings. The van der Waals surface area contributed by atoms with Crippen molar-refractivity contribution in [1.82, 2.24) is 4.31 Å². The molecule has 0 saturated carbocycles. The largest absolute Gasteiger partial charge is 0.491 e. The average molecular weight is 433 g/mol. The highest BCUT2D eigenvalue weighted by Gasteiger charge is 2.29. The third-order valence-electron chi connectivity index (χ3n) is 4.90. The van der Waals surface area contributed by atoms with E-state index in [0.29, 0.717) is 56.3 Å². The molecule has 0 aliphatic carbocycles. The summed E-state index contributed by atoms with van der Waals surface area (Å²) in [5.41, 5.74) is 1.52. The average Bonchev–Trinajstić information content (AvgIpc) is 2.78. The molecule has 162 valence electrons. The van der Waals surface area contributed by atoms with Crippen molar-refractivity contribution in [2.24, 2.45) is 0 Å². The van der Waals surface area contributed by atoms with Gasteiger partial charge in [-0.05, 0) is 42.7 Å². The van der Waals surface area contributed by atoms with Crippen LogP contribution in [0.25, 0.3) is 0 Å². The van der Waals surface area contributed by atoms with Crippen molar-refractivity contribution >= 4 is 21.6 Å². The number of sulfonamides is 1. The van der Waals surface area contributed by atoms with Gasteiger partial charge in [-0.3, -0.25) is 4.79 Å². The number of para-hydroxylation sites is 2. The number of amides is 1. The van der Waals surface area contributed by atoms with Crippen molar-refractivity contribution in [2.75, 3.05) is 38.2 Å². The normalized spacial score (nSPS) is 15.0. The van der Waals surface area contributed by atoms with Crippen LogP contribution in [0.5, 0.6) is 5.75 Å². The van der Waals surface area contributed by atoms with E-state index in [0.717, 1.165) is 6.42 Å². The lowest BCUT2D eigenvalue weighted by Crippen LogP contribution is -2.41. The van der Waals surface area contributed by atoms with Crippen molar-refractivity contribution in [3.05, 3.63) is 53.6 Å². The van der Waals surface area contributed by atoms with E-state index in [1.165, 1.54) is 10.4 Å². The van der Waals surface area contributed by atoms with Gasteiger partial charge in [0.05, 0.1) is 30.4 Å². The van der Waals surface area contributed by atoms with Crippen LogP contribution >= 0.6 is 0 Å².